The Labute approximate surface area is 223 Å². The fourth-order valence-corrected chi connectivity index (χ4v) is 7.78. The first-order valence-electron chi connectivity index (χ1n) is 13.8. The van der Waals surface area contributed by atoms with Gasteiger partial charge in [0, 0.05) is 49.7 Å². The van der Waals surface area contributed by atoms with Crippen LogP contribution in [0.5, 0.6) is 0 Å². The van der Waals surface area contributed by atoms with E-state index in [0.29, 0.717) is 25.6 Å². The molecule has 0 spiro atoms. The first-order chi connectivity index (χ1) is 18.0. The molecule has 3 aliphatic heterocycles. The lowest BCUT2D eigenvalue weighted by Gasteiger charge is -2.35. The SMILES string of the molecule is CCN1CCN(C(=O)CN2C=C3C(=C(C4CCCCC4)C4=CC=CC34)C3=C(CN=C(C(=O)O)S3)C2)CC1. The fraction of sp³-hybridized carbons (Fsp3) is 0.552. The number of piperazine rings is 1. The van der Waals surface area contributed by atoms with Gasteiger partial charge >= 0.3 is 5.97 Å². The number of thioether (sulfide) groups is 1. The van der Waals surface area contributed by atoms with Crippen LogP contribution in [-0.4, -0.2) is 89.1 Å². The molecule has 0 radical (unpaired) electrons. The van der Waals surface area contributed by atoms with E-state index in [9.17, 15) is 14.7 Å². The number of nitrogens with zero attached hydrogens (tertiary/aromatic N) is 4. The minimum absolute atomic E-state index is 0.170. The molecule has 196 valence electrons. The highest BCUT2D eigenvalue weighted by atomic mass is 32.2. The zero-order chi connectivity index (χ0) is 25.5. The summed E-state index contributed by atoms with van der Waals surface area (Å²) in [5.74, 6) is -0.0876. The standard InChI is InChI=1S/C29H36N4O3S/c1-2-31-11-13-33(14-12-31)24(34)18-32-16-20-15-30-28(29(35)36)37-27(20)26-23(17-32)21-9-6-10-22(21)25(26)19-7-4-3-5-8-19/h6,9-10,17,19,21H,2-5,7-8,11-16,18H2,1H3,(H,35,36). The molecule has 6 rings (SSSR count). The van der Waals surface area contributed by atoms with Gasteiger partial charge in [-0.1, -0.05) is 56.2 Å². The highest BCUT2D eigenvalue weighted by Gasteiger charge is 2.42. The van der Waals surface area contributed by atoms with E-state index in [4.69, 9.17) is 0 Å². The fourth-order valence-electron chi connectivity index (χ4n) is 6.77. The summed E-state index contributed by atoms with van der Waals surface area (Å²) in [6.07, 6.45) is 15.1. The summed E-state index contributed by atoms with van der Waals surface area (Å²) in [5.41, 5.74) is 6.42. The molecule has 2 fully saturated rings. The average Bonchev–Trinajstić information content (AvgIpc) is 3.46. The third kappa shape index (κ3) is 4.63. The van der Waals surface area contributed by atoms with Crippen LogP contribution in [0.25, 0.3) is 0 Å². The maximum absolute atomic E-state index is 13.4. The number of carboxylic acid groups (broad SMARTS) is 1. The van der Waals surface area contributed by atoms with E-state index in [-0.39, 0.29) is 16.9 Å². The summed E-state index contributed by atoms with van der Waals surface area (Å²) in [6, 6.07) is 0. The van der Waals surface area contributed by atoms with Crippen LogP contribution < -0.4 is 0 Å². The second-order valence-electron chi connectivity index (χ2n) is 10.9. The van der Waals surface area contributed by atoms with Crippen molar-refractivity contribution in [3.05, 3.63) is 57.2 Å². The molecule has 1 atom stereocenters. The van der Waals surface area contributed by atoms with Crippen molar-refractivity contribution >= 4 is 28.7 Å². The molecule has 1 N–H and O–H groups in total. The lowest BCUT2D eigenvalue weighted by Crippen LogP contribution is -2.50. The quantitative estimate of drug-likeness (QED) is 0.594. The monoisotopic (exact) mass is 520 g/mol. The third-order valence-electron chi connectivity index (χ3n) is 8.70. The Kier molecular flexibility index (Phi) is 6.88. The van der Waals surface area contributed by atoms with Gasteiger partial charge in [-0.3, -0.25) is 9.79 Å². The smallest absolute Gasteiger partial charge is 0.361 e. The van der Waals surface area contributed by atoms with Crippen molar-refractivity contribution in [2.45, 2.75) is 39.0 Å². The topological polar surface area (TPSA) is 76.5 Å². The molecule has 3 heterocycles. The van der Waals surface area contributed by atoms with E-state index in [1.54, 1.807) is 0 Å². The minimum Gasteiger partial charge on any atom is -0.476 e. The van der Waals surface area contributed by atoms with Crippen molar-refractivity contribution in [1.82, 2.24) is 14.7 Å². The number of likely N-dealkylation sites (N-methyl/N-ethyl adjacent to an activating group) is 1. The Morgan fingerprint density at radius 3 is 2.62 bits per heavy atom. The number of aliphatic carboxylic acids is 1. The number of fused-ring (bicyclic) bond motifs is 4. The third-order valence-corrected chi connectivity index (χ3v) is 9.90. The van der Waals surface area contributed by atoms with E-state index in [2.05, 4.69) is 46.1 Å². The molecule has 0 bridgehead atoms. The predicted molar refractivity (Wildman–Crippen MR) is 147 cm³/mol. The van der Waals surface area contributed by atoms with Crippen LogP contribution >= 0.6 is 11.8 Å². The number of hydrogen-bond donors (Lipinski definition) is 1. The van der Waals surface area contributed by atoms with Gasteiger partial charge in [-0.25, -0.2) is 4.79 Å². The largest absolute Gasteiger partial charge is 0.476 e. The second kappa shape index (κ2) is 10.3. The van der Waals surface area contributed by atoms with Gasteiger partial charge in [0.05, 0.1) is 13.1 Å². The van der Waals surface area contributed by atoms with Crippen LogP contribution in [0.3, 0.4) is 0 Å². The van der Waals surface area contributed by atoms with E-state index in [1.165, 1.54) is 66.2 Å². The van der Waals surface area contributed by atoms with E-state index >= 15 is 0 Å². The van der Waals surface area contributed by atoms with Crippen molar-refractivity contribution < 1.29 is 14.7 Å². The van der Waals surface area contributed by atoms with Crippen molar-refractivity contribution in [2.75, 3.05) is 52.4 Å². The van der Waals surface area contributed by atoms with Gasteiger partial charge in [0.25, 0.3) is 0 Å². The zero-order valence-corrected chi connectivity index (χ0v) is 22.4. The summed E-state index contributed by atoms with van der Waals surface area (Å²) < 4.78 is 0. The summed E-state index contributed by atoms with van der Waals surface area (Å²) in [4.78, 5) is 37.4. The molecule has 0 aromatic carbocycles. The molecule has 1 saturated heterocycles. The van der Waals surface area contributed by atoms with Crippen molar-refractivity contribution in [3.8, 4) is 0 Å². The van der Waals surface area contributed by atoms with Gasteiger partial charge in [0.2, 0.25) is 5.91 Å². The van der Waals surface area contributed by atoms with E-state index in [0.717, 1.165) is 43.2 Å². The molecule has 6 aliphatic rings. The van der Waals surface area contributed by atoms with E-state index < -0.39 is 5.97 Å². The van der Waals surface area contributed by atoms with Crippen LogP contribution in [-0.2, 0) is 9.59 Å². The number of hydrogen-bond acceptors (Lipinski definition) is 6. The minimum atomic E-state index is -0.957. The Balaban J connectivity index is 1.36. The van der Waals surface area contributed by atoms with Gasteiger partial charge < -0.3 is 19.8 Å². The number of carbonyl (C=O) groups excluding carboxylic acids is 1. The van der Waals surface area contributed by atoms with Crippen LogP contribution in [0.1, 0.15) is 39.0 Å². The maximum atomic E-state index is 13.4. The number of carbonyl (C=O) groups is 2. The van der Waals surface area contributed by atoms with Crippen molar-refractivity contribution in [3.63, 3.8) is 0 Å². The zero-order valence-electron chi connectivity index (χ0n) is 21.6. The maximum Gasteiger partial charge on any atom is 0.361 e. The Morgan fingerprint density at radius 2 is 1.89 bits per heavy atom. The predicted octanol–water partition coefficient (Wildman–Crippen LogP) is 3.84. The molecule has 7 nitrogen and oxygen atoms in total. The van der Waals surface area contributed by atoms with Gasteiger partial charge in [-0.2, -0.15) is 0 Å². The molecule has 0 aromatic rings. The Bertz CT molecular complexity index is 1180. The second-order valence-corrected chi connectivity index (χ2v) is 11.9. The van der Waals surface area contributed by atoms with Crippen molar-refractivity contribution in [2.24, 2.45) is 16.8 Å². The Morgan fingerprint density at radius 1 is 1.11 bits per heavy atom. The number of carboxylic acids is 1. The van der Waals surface area contributed by atoms with Gasteiger partial charge in [0.15, 0.2) is 5.04 Å². The molecule has 0 aromatic heterocycles. The van der Waals surface area contributed by atoms with Crippen molar-refractivity contribution in [1.29, 1.82) is 0 Å². The van der Waals surface area contributed by atoms with Gasteiger partial charge in [-0.15, -0.1) is 0 Å². The average molecular weight is 521 g/mol. The lowest BCUT2D eigenvalue weighted by atomic mass is 9.80. The van der Waals surface area contributed by atoms with E-state index in [1.807, 2.05) is 4.90 Å². The van der Waals surface area contributed by atoms with Gasteiger partial charge in [0.1, 0.15) is 0 Å². The molecule has 3 aliphatic carbocycles. The molecule has 37 heavy (non-hydrogen) atoms. The van der Waals surface area contributed by atoms with Crippen LogP contribution in [0.4, 0.5) is 0 Å². The molecular formula is C29H36N4O3S. The molecule has 8 heteroatoms. The molecule has 1 amide bonds. The normalized spacial score (nSPS) is 26.4. The van der Waals surface area contributed by atoms with Crippen LogP contribution in [0, 0.1) is 11.8 Å². The molecule has 1 saturated carbocycles. The summed E-state index contributed by atoms with van der Waals surface area (Å²) in [7, 11) is 0. The van der Waals surface area contributed by atoms with Crippen LogP contribution in [0.2, 0.25) is 0 Å². The summed E-state index contributed by atoms with van der Waals surface area (Å²) in [6.45, 7) is 7.95. The number of aliphatic imine (C=N–C) groups is 1. The number of amides is 1. The highest BCUT2D eigenvalue weighted by Crippen LogP contribution is 2.55. The highest BCUT2D eigenvalue weighted by molar-refractivity contribution is 8.19. The first-order valence-corrected chi connectivity index (χ1v) is 14.6. The Hall–Kier alpha value is -2.58. The van der Waals surface area contributed by atoms with Crippen LogP contribution in [0.15, 0.2) is 62.2 Å². The molecular weight excluding hydrogens is 484 g/mol. The first kappa shape index (κ1) is 24.7. The summed E-state index contributed by atoms with van der Waals surface area (Å²) in [5, 5.41) is 9.95. The van der Waals surface area contributed by atoms with Gasteiger partial charge in [-0.05, 0) is 53.2 Å². The number of rotatable bonds is 5. The lowest BCUT2D eigenvalue weighted by molar-refractivity contribution is -0.133. The summed E-state index contributed by atoms with van der Waals surface area (Å²) >= 11 is 1.32. The molecule has 1 unspecified atom stereocenters. The number of allylic oxidation sites excluding steroid dienone is 7.